The van der Waals surface area contributed by atoms with E-state index in [1.165, 1.54) is 0 Å². The maximum atomic E-state index is 14.2. The second kappa shape index (κ2) is 11.5. The molecule has 0 saturated carbocycles. The van der Waals surface area contributed by atoms with E-state index in [0.717, 1.165) is 58.5 Å². The van der Waals surface area contributed by atoms with Gasteiger partial charge < -0.3 is 24.5 Å². The molecule has 1 N–H and O–H groups in total. The summed E-state index contributed by atoms with van der Waals surface area (Å²) < 4.78 is 4.73. The van der Waals surface area contributed by atoms with E-state index >= 15 is 0 Å². The molecule has 0 bridgehead atoms. The smallest absolute Gasteiger partial charge is 0.247 e. The van der Waals surface area contributed by atoms with E-state index < -0.39 is 22.6 Å². The van der Waals surface area contributed by atoms with Gasteiger partial charge >= 0.3 is 0 Å². The van der Waals surface area contributed by atoms with E-state index in [9.17, 15) is 14.4 Å². The van der Waals surface area contributed by atoms with Crippen LogP contribution in [0.1, 0.15) is 25.7 Å². The number of hydrogen-bond donors (Lipinski definition) is 1. The van der Waals surface area contributed by atoms with Crippen molar-refractivity contribution < 1.29 is 24.2 Å². The summed E-state index contributed by atoms with van der Waals surface area (Å²) in [7, 11) is 1.79. The van der Waals surface area contributed by atoms with Crippen LogP contribution >= 0.6 is 11.8 Å². The number of aliphatic hydroxyl groups excluding tert-OH is 1. The van der Waals surface area contributed by atoms with Gasteiger partial charge in [-0.15, -0.1) is 11.8 Å². The van der Waals surface area contributed by atoms with E-state index in [1.54, 1.807) is 28.6 Å². The first kappa shape index (κ1) is 26.7. The van der Waals surface area contributed by atoms with Gasteiger partial charge in [-0.3, -0.25) is 19.3 Å². The Morgan fingerprint density at radius 1 is 0.973 bits per heavy atom. The predicted octanol–water partition coefficient (Wildman–Crippen LogP) is 0.595. The van der Waals surface area contributed by atoms with Gasteiger partial charge in [0.25, 0.3) is 0 Å². The van der Waals surface area contributed by atoms with Crippen LogP contribution in [-0.2, 0) is 19.1 Å². The van der Waals surface area contributed by atoms with Crippen molar-refractivity contribution in [2.24, 2.45) is 11.8 Å². The molecule has 0 aliphatic carbocycles. The third kappa shape index (κ3) is 4.97. The van der Waals surface area contributed by atoms with Crippen molar-refractivity contribution >= 4 is 29.5 Å². The molecule has 1 spiro atoms. The number of ether oxygens (including phenoxy) is 1. The molecule has 5 atom stereocenters. The number of unbranched alkanes of at least 4 members (excludes halogenated alkanes) is 3. The van der Waals surface area contributed by atoms with Gasteiger partial charge in [-0.1, -0.05) is 37.1 Å². The van der Waals surface area contributed by atoms with E-state index in [-0.39, 0.29) is 29.6 Å². The van der Waals surface area contributed by atoms with Gasteiger partial charge in [-0.2, -0.15) is 0 Å². The Kier molecular flexibility index (Phi) is 8.28. The minimum Gasteiger partial charge on any atom is -0.396 e. The minimum atomic E-state index is -0.736. The van der Waals surface area contributed by atoms with Crippen molar-refractivity contribution in [3.05, 3.63) is 24.3 Å². The van der Waals surface area contributed by atoms with Crippen LogP contribution in [0.3, 0.4) is 0 Å². The average molecular weight is 533 g/mol. The number of hydrogen-bond acceptors (Lipinski definition) is 7. The molecule has 0 aromatic rings. The molecule has 5 aliphatic heterocycles. The van der Waals surface area contributed by atoms with Gasteiger partial charge in [-0.05, 0) is 12.8 Å². The maximum Gasteiger partial charge on any atom is 0.247 e. The topological polar surface area (TPSA) is 93.6 Å². The number of carbonyl (C=O) groups is 3. The number of amides is 3. The zero-order chi connectivity index (χ0) is 26.0. The number of aliphatic hydroxyl groups is 1. The summed E-state index contributed by atoms with van der Waals surface area (Å²) in [4.78, 5) is 49.6. The lowest BCUT2D eigenvalue weighted by Gasteiger charge is -2.36. The molecule has 5 rings (SSSR count). The lowest BCUT2D eigenvalue weighted by atomic mass is 9.78. The summed E-state index contributed by atoms with van der Waals surface area (Å²) in [5, 5.41) is 9.01. The molecule has 204 valence electrons. The summed E-state index contributed by atoms with van der Waals surface area (Å²) in [6.07, 6.45) is 11.6. The van der Waals surface area contributed by atoms with Crippen molar-refractivity contribution in [3.63, 3.8) is 0 Å². The molecule has 37 heavy (non-hydrogen) atoms. The molecule has 0 aromatic heterocycles. The number of morpholine rings is 1. The second-order valence-electron chi connectivity index (χ2n) is 10.8. The lowest BCUT2D eigenvalue weighted by molar-refractivity contribution is -0.144. The monoisotopic (exact) mass is 532 g/mol. The van der Waals surface area contributed by atoms with Crippen LogP contribution in [0.15, 0.2) is 24.3 Å². The molecule has 10 heteroatoms. The van der Waals surface area contributed by atoms with E-state index in [0.29, 0.717) is 26.2 Å². The Labute approximate surface area is 223 Å². The number of carbonyl (C=O) groups excluding carboxylic acids is 3. The molecule has 3 amide bonds. The van der Waals surface area contributed by atoms with Gasteiger partial charge in [-0.25, -0.2) is 0 Å². The first-order chi connectivity index (χ1) is 18.0. The van der Waals surface area contributed by atoms with Crippen molar-refractivity contribution in [3.8, 4) is 0 Å². The SMILES string of the molecule is CN1CC=C[C@@H]2S[C@]34C=CCN(CCN5CCOCC5)C(=O)C3N(CCCCCCO)C(=O)[C@@H]4[C@@H]2C1=O. The molecule has 9 nitrogen and oxygen atoms in total. The normalized spacial score (nSPS) is 34.0. The fourth-order valence-corrected chi connectivity index (χ4v) is 8.59. The highest BCUT2D eigenvalue weighted by Gasteiger charge is 2.70. The predicted molar refractivity (Wildman–Crippen MR) is 142 cm³/mol. The van der Waals surface area contributed by atoms with Crippen molar-refractivity contribution in [1.82, 2.24) is 19.6 Å². The van der Waals surface area contributed by atoms with Gasteiger partial charge in [0.05, 0.1) is 29.8 Å². The summed E-state index contributed by atoms with van der Waals surface area (Å²) >= 11 is 1.64. The zero-order valence-electron chi connectivity index (χ0n) is 21.8. The lowest BCUT2D eigenvalue weighted by Crippen LogP contribution is -2.54. The Bertz CT molecular complexity index is 938. The maximum absolute atomic E-state index is 14.2. The standard InChI is InChI=1S/C27H40N4O5S/c1-28-10-6-8-20-21(24(28)33)22-25(34)31(12-4-2-3-5-17-32)23-26(35)30(11-7-9-27(22,23)37-20)14-13-29-15-18-36-19-16-29/h6-9,20-23,32H,2-5,10-19H2,1H3/t20-,21+,22-,23?,27-/m0/s1. The van der Waals surface area contributed by atoms with E-state index in [2.05, 4.69) is 23.1 Å². The van der Waals surface area contributed by atoms with Crippen LogP contribution in [-0.4, -0.2) is 131 Å². The Morgan fingerprint density at radius 3 is 2.54 bits per heavy atom. The van der Waals surface area contributed by atoms with Crippen molar-refractivity contribution in [1.29, 1.82) is 0 Å². The van der Waals surface area contributed by atoms with Crippen LogP contribution in [0.2, 0.25) is 0 Å². The number of fused-ring (bicyclic) bond motifs is 2. The Hall–Kier alpha value is -1.88. The van der Waals surface area contributed by atoms with Gasteiger partial charge in [0.2, 0.25) is 17.7 Å². The molecule has 5 heterocycles. The number of nitrogens with zero attached hydrogens (tertiary/aromatic N) is 4. The van der Waals surface area contributed by atoms with Gasteiger partial charge in [0.15, 0.2) is 0 Å². The fourth-order valence-electron chi connectivity index (χ4n) is 6.59. The van der Waals surface area contributed by atoms with Crippen LogP contribution in [0.4, 0.5) is 0 Å². The van der Waals surface area contributed by atoms with Crippen LogP contribution in [0, 0.1) is 11.8 Å². The van der Waals surface area contributed by atoms with Gasteiger partial charge in [0.1, 0.15) is 6.04 Å². The molecular weight excluding hydrogens is 492 g/mol. The van der Waals surface area contributed by atoms with Crippen molar-refractivity contribution in [2.75, 3.05) is 72.7 Å². The van der Waals surface area contributed by atoms with Crippen LogP contribution in [0.5, 0.6) is 0 Å². The molecule has 1 unspecified atom stereocenters. The molecule has 5 aliphatic rings. The third-order valence-corrected chi connectivity index (χ3v) is 10.3. The first-order valence-electron chi connectivity index (χ1n) is 13.8. The first-order valence-corrected chi connectivity index (χ1v) is 14.6. The Balaban J connectivity index is 1.42. The molecule has 3 saturated heterocycles. The zero-order valence-corrected chi connectivity index (χ0v) is 22.6. The number of rotatable bonds is 9. The third-order valence-electron chi connectivity index (χ3n) is 8.54. The van der Waals surface area contributed by atoms with Crippen LogP contribution in [0.25, 0.3) is 0 Å². The van der Waals surface area contributed by atoms with E-state index in [4.69, 9.17) is 9.84 Å². The van der Waals surface area contributed by atoms with E-state index in [1.807, 2.05) is 11.0 Å². The number of likely N-dealkylation sites (N-methyl/N-ethyl adjacent to an activating group) is 1. The van der Waals surface area contributed by atoms with Crippen LogP contribution < -0.4 is 0 Å². The average Bonchev–Trinajstić information content (AvgIpc) is 3.22. The summed E-state index contributed by atoms with van der Waals surface area (Å²) in [5.41, 5.74) is 0. The van der Waals surface area contributed by atoms with Gasteiger partial charge in [0, 0.05) is 64.7 Å². The number of thioether (sulfide) groups is 1. The highest BCUT2D eigenvalue weighted by Crippen LogP contribution is 2.61. The fraction of sp³-hybridized carbons (Fsp3) is 0.741. The second-order valence-corrected chi connectivity index (χ2v) is 12.3. The molecule has 3 fully saturated rings. The summed E-state index contributed by atoms with van der Waals surface area (Å²) in [5.74, 6) is -1.06. The number of likely N-dealkylation sites (tertiary alicyclic amines) is 1. The molecular formula is C27H40N4O5S. The quantitative estimate of drug-likeness (QED) is 0.343. The van der Waals surface area contributed by atoms with Crippen molar-refractivity contribution in [2.45, 2.75) is 41.7 Å². The summed E-state index contributed by atoms with van der Waals surface area (Å²) in [6.45, 7) is 6.30. The Morgan fingerprint density at radius 2 is 1.76 bits per heavy atom. The highest BCUT2D eigenvalue weighted by molar-refractivity contribution is 8.02. The highest BCUT2D eigenvalue weighted by atomic mass is 32.2. The minimum absolute atomic E-state index is 0.00166. The summed E-state index contributed by atoms with van der Waals surface area (Å²) in [6, 6.07) is -0.602. The largest absolute Gasteiger partial charge is 0.396 e. The molecule has 0 aromatic carbocycles. The molecule has 0 radical (unpaired) electrons.